The number of alkyl halides is 13. The minimum Gasteiger partial charge on any atom is -0.465 e. The van der Waals surface area contributed by atoms with E-state index in [0.717, 1.165) is 0 Å². The fourth-order valence-corrected chi connectivity index (χ4v) is 1.55. The smallest absolute Gasteiger partial charge is 0.460 e. The lowest BCUT2D eigenvalue weighted by atomic mass is 9.93. The Bertz CT molecular complexity index is 555. The molecule has 0 heterocycles. The largest absolute Gasteiger partial charge is 0.465 e. The van der Waals surface area contributed by atoms with Crippen LogP contribution in [0.15, 0.2) is 0 Å². The molecule has 0 amide bonds. The van der Waals surface area contributed by atoms with Crippen LogP contribution < -0.4 is 0 Å². The Labute approximate surface area is 163 Å². The number of carbonyl (C=O) groups is 1. The zero-order valence-electron chi connectivity index (χ0n) is 13.9. The van der Waals surface area contributed by atoms with Gasteiger partial charge in [-0.3, -0.25) is 4.79 Å². The number of carbonyl (C=O) groups excluding carboxylic acids is 1. The van der Waals surface area contributed by atoms with Gasteiger partial charge in [-0.25, -0.2) is 0 Å². The summed E-state index contributed by atoms with van der Waals surface area (Å²) in [5, 5.41) is 0. The van der Waals surface area contributed by atoms with Gasteiger partial charge in [-0.2, -0.15) is 57.1 Å². The van der Waals surface area contributed by atoms with Crippen LogP contribution in [-0.2, 0) is 9.53 Å². The molecule has 0 aliphatic heterocycles. The van der Waals surface area contributed by atoms with E-state index in [4.69, 9.17) is 0 Å². The Morgan fingerprint density at radius 2 is 1.10 bits per heavy atom. The fourth-order valence-electron chi connectivity index (χ4n) is 1.55. The highest BCUT2D eigenvalue weighted by Crippen LogP contribution is 2.60. The molecule has 30 heavy (non-hydrogen) atoms. The van der Waals surface area contributed by atoms with E-state index in [1.807, 2.05) is 0 Å². The number of rotatable bonds is 9. The minimum absolute atomic E-state index is 0. The van der Waals surface area contributed by atoms with Gasteiger partial charge in [-0.05, 0) is 6.42 Å². The van der Waals surface area contributed by atoms with E-state index in [1.165, 1.54) is 13.8 Å². The first-order valence-corrected chi connectivity index (χ1v) is 7.24. The standard InChI is InChI=1S/C13H13F13O2.2CH4/c1-3-6(2)7(27)28-5-4-8(14,15)9(16,17)10(18,19)11(20,21)12(22,23)13(24,25)26;;/h6H,3-5H2,1-2H3;2*1H4. The van der Waals surface area contributed by atoms with Gasteiger partial charge >= 0.3 is 41.8 Å². The zero-order chi connectivity index (χ0) is 23.0. The monoisotopic (exact) mass is 480 g/mol. The van der Waals surface area contributed by atoms with Crippen LogP contribution in [0.4, 0.5) is 57.1 Å². The van der Waals surface area contributed by atoms with Crippen LogP contribution in [0.25, 0.3) is 0 Å². The molecule has 0 saturated carbocycles. The Morgan fingerprint density at radius 3 is 1.43 bits per heavy atom. The van der Waals surface area contributed by atoms with E-state index in [1.54, 1.807) is 0 Å². The molecule has 0 aliphatic rings. The molecule has 0 bridgehead atoms. The Balaban J connectivity index is -0.00000364. The van der Waals surface area contributed by atoms with Crippen LogP contribution in [0.2, 0.25) is 0 Å². The normalized spacial score (nSPS) is 15.0. The second kappa shape index (κ2) is 9.79. The van der Waals surface area contributed by atoms with Gasteiger partial charge in [0, 0.05) is 0 Å². The average molecular weight is 480 g/mol. The molecule has 1 atom stereocenters. The van der Waals surface area contributed by atoms with Crippen molar-refractivity contribution in [3.05, 3.63) is 0 Å². The maximum Gasteiger partial charge on any atom is 0.460 e. The van der Waals surface area contributed by atoms with Crippen molar-refractivity contribution < 1.29 is 66.6 Å². The van der Waals surface area contributed by atoms with E-state index >= 15 is 0 Å². The van der Waals surface area contributed by atoms with Crippen molar-refractivity contribution >= 4 is 5.97 Å². The Morgan fingerprint density at radius 1 is 0.733 bits per heavy atom. The van der Waals surface area contributed by atoms with Gasteiger partial charge in [-0.15, -0.1) is 0 Å². The molecule has 0 fully saturated rings. The van der Waals surface area contributed by atoms with Crippen molar-refractivity contribution in [2.75, 3.05) is 6.61 Å². The maximum atomic E-state index is 13.4. The lowest BCUT2D eigenvalue weighted by molar-refractivity contribution is -0.440. The topological polar surface area (TPSA) is 26.3 Å². The number of hydrogen-bond donors (Lipinski definition) is 0. The van der Waals surface area contributed by atoms with Gasteiger partial charge in [0.15, 0.2) is 0 Å². The van der Waals surface area contributed by atoms with E-state index in [-0.39, 0.29) is 21.3 Å². The van der Waals surface area contributed by atoms with Crippen LogP contribution in [0.5, 0.6) is 0 Å². The van der Waals surface area contributed by atoms with Gasteiger partial charge in [0.2, 0.25) is 0 Å². The average Bonchev–Trinajstić information content (AvgIpc) is 2.51. The van der Waals surface area contributed by atoms with Crippen molar-refractivity contribution in [3.63, 3.8) is 0 Å². The molecule has 15 heteroatoms. The summed E-state index contributed by atoms with van der Waals surface area (Å²) in [5.41, 5.74) is 0. The quantitative estimate of drug-likeness (QED) is 0.263. The van der Waals surface area contributed by atoms with Crippen molar-refractivity contribution in [3.8, 4) is 0 Å². The molecule has 0 rings (SSSR count). The molecule has 0 saturated heterocycles. The van der Waals surface area contributed by atoms with E-state index in [0.29, 0.717) is 0 Å². The van der Waals surface area contributed by atoms with Crippen LogP contribution in [0, 0.1) is 5.92 Å². The summed E-state index contributed by atoms with van der Waals surface area (Å²) in [7, 11) is 0. The lowest BCUT2D eigenvalue weighted by Crippen LogP contribution is -2.70. The predicted octanol–water partition coefficient (Wildman–Crippen LogP) is 6.98. The highest BCUT2D eigenvalue weighted by Gasteiger charge is 2.90. The van der Waals surface area contributed by atoms with Crippen molar-refractivity contribution in [2.45, 2.75) is 77.3 Å². The van der Waals surface area contributed by atoms with Crippen molar-refractivity contribution in [1.29, 1.82) is 0 Å². The summed E-state index contributed by atoms with van der Waals surface area (Å²) in [4.78, 5) is 11.2. The van der Waals surface area contributed by atoms with Gasteiger partial charge in [0.1, 0.15) is 0 Å². The van der Waals surface area contributed by atoms with E-state index in [9.17, 15) is 61.9 Å². The molecule has 0 aliphatic carbocycles. The molecular weight excluding hydrogens is 459 g/mol. The first-order valence-electron chi connectivity index (χ1n) is 7.24. The molecule has 0 aromatic rings. The molecule has 184 valence electrons. The molecule has 0 radical (unpaired) electrons. The second-order valence-corrected chi connectivity index (χ2v) is 5.73. The number of halogens is 13. The highest BCUT2D eigenvalue weighted by molar-refractivity contribution is 5.71. The molecular formula is C15H21F13O2. The molecule has 0 N–H and O–H groups in total. The van der Waals surface area contributed by atoms with Gasteiger partial charge in [0.25, 0.3) is 0 Å². The molecule has 0 spiro atoms. The Hall–Kier alpha value is -1.44. The van der Waals surface area contributed by atoms with Crippen LogP contribution in [-0.4, -0.2) is 48.4 Å². The van der Waals surface area contributed by atoms with Crippen molar-refractivity contribution in [1.82, 2.24) is 0 Å². The second-order valence-electron chi connectivity index (χ2n) is 5.73. The number of esters is 1. The van der Waals surface area contributed by atoms with Crippen LogP contribution in [0.1, 0.15) is 41.5 Å². The minimum atomic E-state index is -7.93. The SMILES string of the molecule is C.C.CCC(C)C(=O)OCCC(F)(F)C(F)(F)C(F)(F)C(F)(F)C(F)(F)C(F)(F)F. The summed E-state index contributed by atoms with van der Waals surface area (Å²) in [6, 6.07) is 0. The van der Waals surface area contributed by atoms with Gasteiger partial charge in [0.05, 0.1) is 18.9 Å². The highest BCUT2D eigenvalue weighted by atomic mass is 19.4. The fraction of sp³-hybridized carbons (Fsp3) is 0.933. The Kier molecular flexibility index (Phi) is 10.8. The lowest BCUT2D eigenvalue weighted by Gasteiger charge is -2.39. The third-order valence-electron chi connectivity index (χ3n) is 3.67. The van der Waals surface area contributed by atoms with E-state index in [2.05, 4.69) is 4.74 Å². The van der Waals surface area contributed by atoms with Gasteiger partial charge < -0.3 is 4.74 Å². The van der Waals surface area contributed by atoms with Gasteiger partial charge in [-0.1, -0.05) is 28.7 Å². The van der Waals surface area contributed by atoms with Crippen LogP contribution in [0.3, 0.4) is 0 Å². The summed E-state index contributed by atoms with van der Waals surface area (Å²) < 4.78 is 171. The molecule has 1 unspecified atom stereocenters. The first kappa shape index (κ1) is 33.2. The van der Waals surface area contributed by atoms with Crippen molar-refractivity contribution in [2.24, 2.45) is 5.92 Å². The first-order chi connectivity index (χ1) is 12.1. The van der Waals surface area contributed by atoms with Crippen LogP contribution >= 0.6 is 0 Å². The predicted molar refractivity (Wildman–Crippen MR) is 79.3 cm³/mol. The third kappa shape index (κ3) is 5.42. The molecule has 2 nitrogen and oxygen atoms in total. The summed E-state index contributed by atoms with van der Waals surface area (Å²) in [6.07, 6.45) is -9.91. The number of ether oxygens (including phenoxy) is 1. The summed E-state index contributed by atoms with van der Waals surface area (Å²) in [5.74, 6) is -39.3. The summed E-state index contributed by atoms with van der Waals surface area (Å²) >= 11 is 0. The zero-order valence-corrected chi connectivity index (χ0v) is 13.9. The maximum absolute atomic E-state index is 13.4. The molecule has 0 aromatic carbocycles. The summed E-state index contributed by atoms with van der Waals surface area (Å²) in [6.45, 7) is 0.893. The molecule has 0 aromatic heterocycles. The third-order valence-corrected chi connectivity index (χ3v) is 3.67. The number of hydrogen-bond acceptors (Lipinski definition) is 2. The van der Waals surface area contributed by atoms with E-state index < -0.39 is 60.7 Å².